The number of aliphatic hydroxyl groups is 1. The summed E-state index contributed by atoms with van der Waals surface area (Å²) in [5, 5.41) is 12.5. The molecular formula is C16H18FNO. The molecule has 2 nitrogen and oxygen atoms in total. The van der Waals surface area contributed by atoms with Crippen LogP contribution in [-0.4, -0.2) is 17.8 Å². The molecule has 2 rings (SSSR count). The van der Waals surface area contributed by atoms with Crippen LogP contribution >= 0.6 is 0 Å². The maximum atomic E-state index is 13.0. The van der Waals surface area contributed by atoms with Gasteiger partial charge in [-0.1, -0.05) is 42.5 Å². The highest BCUT2D eigenvalue weighted by atomic mass is 19.1. The summed E-state index contributed by atoms with van der Waals surface area (Å²) in [7, 11) is 0. The Kier molecular flexibility index (Phi) is 4.66. The fraction of sp³-hybridized carbons (Fsp3) is 0.250. The molecule has 2 unspecified atom stereocenters. The highest BCUT2D eigenvalue weighted by Gasteiger charge is 2.15. The number of hydrogen-bond donors (Lipinski definition) is 2. The molecule has 0 saturated heterocycles. The summed E-state index contributed by atoms with van der Waals surface area (Å²) in [5.74, 6) is -0.245. The van der Waals surface area contributed by atoms with Crippen molar-refractivity contribution >= 4 is 0 Å². The molecule has 19 heavy (non-hydrogen) atoms. The van der Waals surface area contributed by atoms with E-state index in [-0.39, 0.29) is 24.5 Å². The first-order chi connectivity index (χ1) is 9.20. The Morgan fingerprint density at radius 2 is 1.58 bits per heavy atom. The normalized spacial score (nSPS) is 14.1. The quantitative estimate of drug-likeness (QED) is 0.865. The molecule has 0 aliphatic carbocycles. The lowest BCUT2D eigenvalue weighted by molar-refractivity contribution is 0.245. The van der Waals surface area contributed by atoms with Crippen LogP contribution in [-0.2, 0) is 0 Å². The summed E-state index contributed by atoms with van der Waals surface area (Å²) < 4.78 is 13.0. The van der Waals surface area contributed by atoms with Gasteiger partial charge in [-0.3, -0.25) is 0 Å². The molecule has 0 fully saturated rings. The van der Waals surface area contributed by atoms with Crippen molar-refractivity contribution in [3.8, 4) is 0 Å². The van der Waals surface area contributed by atoms with Gasteiger partial charge in [0.2, 0.25) is 0 Å². The smallest absolute Gasteiger partial charge is 0.123 e. The second-order valence-corrected chi connectivity index (χ2v) is 4.65. The van der Waals surface area contributed by atoms with E-state index in [4.69, 9.17) is 0 Å². The maximum Gasteiger partial charge on any atom is 0.123 e. The highest BCUT2D eigenvalue weighted by molar-refractivity contribution is 5.31. The molecular weight excluding hydrogens is 241 g/mol. The maximum absolute atomic E-state index is 13.0. The minimum atomic E-state index is -0.245. The molecule has 3 heteroatoms. The van der Waals surface area contributed by atoms with E-state index in [1.54, 1.807) is 12.1 Å². The Labute approximate surface area is 112 Å². The summed E-state index contributed by atoms with van der Waals surface area (Å²) >= 11 is 0. The molecule has 0 aliphatic rings. The molecule has 0 radical (unpaired) electrons. The molecule has 0 aromatic heterocycles. The molecule has 0 aliphatic heterocycles. The van der Waals surface area contributed by atoms with E-state index >= 15 is 0 Å². The first kappa shape index (κ1) is 13.7. The summed E-state index contributed by atoms with van der Waals surface area (Å²) in [6, 6.07) is 16.3. The number of halogens is 1. The third-order valence-electron chi connectivity index (χ3n) is 3.06. The van der Waals surface area contributed by atoms with Crippen LogP contribution < -0.4 is 5.32 Å². The van der Waals surface area contributed by atoms with E-state index in [2.05, 4.69) is 5.32 Å². The van der Waals surface area contributed by atoms with Crippen molar-refractivity contribution in [1.82, 2.24) is 5.32 Å². The van der Waals surface area contributed by atoms with E-state index in [1.165, 1.54) is 12.1 Å². The average molecular weight is 259 g/mol. The van der Waals surface area contributed by atoms with Gasteiger partial charge in [-0.05, 0) is 30.2 Å². The first-order valence-electron chi connectivity index (χ1n) is 6.38. The van der Waals surface area contributed by atoms with Crippen molar-refractivity contribution in [2.24, 2.45) is 0 Å². The van der Waals surface area contributed by atoms with Crippen LogP contribution in [0.1, 0.15) is 24.1 Å². The molecule has 2 aromatic rings. The zero-order chi connectivity index (χ0) is 13.7. The van der Waals surface area contributed by atoms with Crippen LogP contribution in [0.2, 0.25) is 0 Å². The largest absolute Gasteiger partial charge is 0.395 e. The number of rotatable bonds is 5. The lowest BCUT2D eigenvalue weighted by Crippen LogP contribution is -2.33. The molecule has 0 bridgehead atoms. The third kappa shape index (κ3) is 3.63. The van der Waals surface area contributed by atoms with Gasteiger partial charge >= 0.3 is 0 Å². The Morgan fingerprint density at radius 3 is 2.16 bits per heavy atom. The monoisotopic (exact) mass is 259 g/mol. The van der Waals surface area contributed by atoms with Gasteiger partial charge < -0.3 is 10.4 Å². The SMILES string of the molecule is CC(CO)NC(c1ccccc1)c1ccc(F)cc1. The van der Waals surface area contributed by atoms with E-state index in [1.807, 2.05) is 37.3 Å². The van der Waals surface area contributed by atoms with Gasteiger partial charge in [0.05, 0.1) is 12.6 Å². The Morgan fingerprint density at radius 1 is 1.00 bits per heavy atom. The van der Waals surface area contributed by atoms with Gasteiger partial charge in [0.1, 0.15) is 5.82 Å². The predicted octanol–water partition coefficient (Wildman–Crippen LogP) is 2.89. The van der Waals surface area contributed by atoms with Crippen LogP contribution in [0, 0.1) is 5.82 Å². The van der Waals surface area contributed by atoms with Gasteiger partial charge in [-0.25, -0.2) is 4.39 Å². The number of aliphatic hydroxyl groups excluding tert-OH is 1. The van der Waals surface area contributed by atoms with Crippen molar-refractivity contribution in [2.75, 3.05) is 6.61 Å². The van der Waals surface area contributed by atoms with E-state index in [0.717, 1.165) is 11.1 Å². The second kappa shape index (κ2) is 6.45. The summed E-state index contributed by atoms with van der Waals surface area (Å²) in [5.41, 5.74) is 2.07. The second-order valence-electron chi connectivity index (χ2n) is 4.65. The molecule has 0 amide bonds. The van der Waals surface area contributed by atoms with Gasteiger partial charge in [0.15, 0.2) is 0 Å². The van der Waals surface area contributed by atoms with Crippen molar-refractivity contribution in [2.45, 2.75) is 19.0 Å². The van der Waals surface area contributed by atoms with Gasteiger partial charge in [-0.2, -0.15) is 0 Å². The Hall–Kier alpha value is -1.71. The molecule has 0 saturated carbocycles. The van der Waals surface area contributed by atoms with Crippen molar-refractivity contribution < 1.29 is 9.50 Å². The van der Waals surface area contributed by atoms with Crippen molar-refractivity contribution in [3.63, 3.8) is 0 Å². The van der Waals surface area contributed by atoms with Crippen LogP contribution in [0.15, 0.2) is 54.6 Å². The lowest BCUT2D eigenvalue weighted by Gasteiger charge is -2.23. The van der Waals surface area contributed by atoms with Gasteiger partial charge in [-0.15, -0.1) is 0 Å². The van der Waals surface area contributed by atoms with Crippen LogP contribution in [0.25, 0.3) is 0 Å². The standard InChI is InChI=1S/C16H18FNO/c1-12(11-19)18-16(13-5-3-2-4-6-13)14-7-9-15(17)10-8-14/h2-10,12,16,18-19H,11H2,1H3. The number of hydrogen-bond acceptors (Lipinski definition) is 2. The predicted molar refractivity (Wildman–Crippen MR) is 74.4 cm³/mol. The van der Waals surface area contributed by atoms with E-state index < -0.39 is 0 Å². The van der Waals surface area contributed by atoms with E-state index in [0.29, 0.717) is 0 Å². The van der Waals surface area contributed by atoms with Crippen molar-refractivity contribution in [3.05, 3.63) is 71.5 Å². The first-order valence-corrected chi connectivity index (χ1v) is 6.38. The van der Waals surface area contributed by atoms with E-state index in [9.17, 15) is 9.50 Å². The van der Waals surface area contributed by atoms with Gasteiger partial charge in [0, 0.05) is 6.04 Å². The minimum absolute atomic E-state index is 0.0322. The Bertz CT molecular complexity index is 498. The lowest BCUT2D eigenvalue weighted by atomic mass is 9.98. The summed E-state index contributed by atoms with van der Waals surface area (Å²) in [4.78, 5) is 0. The zero-order valence-corrected chi connectivity index (χ0v) is 10.9. The molecule has 0 spiro atoms. The highest BCUT2D eigenvalue weighted by Crippen LogP contribution is 2.22. The van der Waals surface area contributed by atoms with Gasteiger partial charge in [0.25, 0.3) is 0 Å². The summed E-state index contributed by atoms with van der Waals surface area (Å²) in [6.45, 7) is 1.98. The third-order valence-corrected chi connectivity index (χ3v) is 3.06. The van der Waals surface area contributed by atoms with Crippen molar-refractivity contribution in [1.29, 1.82) is 0 Å². The molecule has 2 atom stereocenters. The fourth-order valence-electron chi connectivity index (χ4n) is 2.02. The summed E-state index contributed by atoms with van der Waals surface area (Å²) in [6.07, 6.45) is 0. The fourth-order valence-corrected chi connectivity index (χ4v) is 2.02. The number of nitrogens with one attached hydrogen (secondary N) is 1. The van der Waals surface area contributed by atoms with Crippen LogP contribution in [0.5, 0.6) is 0 Å². The average Bonchev–Trinajstić information content (AvgIpc) is 2.46. The zero-order valence-electron chi connectivity index (χ0n) is 10.9. The van der Waals surface area contributed by atoms with Crippen LogP contribution in [0.4, 0.5) is 4.39 Å². The molecule has 2 aromatic carbocycles. The Balaban J connectivity index is 2.31. The molecule has 2 N–H and O–H groups in total. The molecule has 100 valence electrons. The number of benzene rings is 2. The molecule has 0 heterocycles. The minimum Gasteiger partial charge on any atom is -0.395 e. The van der Waals surface area contributed by atoms with Crippen LogP contribution in [0.3, 0.4) is 0 Å². The topological polar surface area (TPSA) is 32.3 Å².